The number of carbonyl (C=O) groups is 2. The molecule has 76 heavy (non-hydrogen) atoms. The number of benzene rings is 4. The topological polar surface area (TPSA) is 185 Å². The maximum atomic E-state index is 14.3. The van der Waals surface area contributed by atoms with Crippen molar-refractivity contribution >= 4 is 23.7 Å². The van der Waals surface area contributed by atoms with Crippen LogP contribution in [0.1, 0.15) is 147 Å². The summed E-state index contributed by atoms with van der Waals surface area (Å²) in [5, 5.41) is 22.9. The number of hydrogen-bond donors (Lipinski definition) is 2. The van der Waals surface area contributed by atoms with Crippen molar-refractivity contribution in [2.75, 3.05) is 39.6 Å². The quantitative estimate of drug-likeness (QED) is 0.0667. The van der Waals surface area contributed by atoms with Crippen LogP contribution < -0.4 is 28.4 Å². The number of hydrogen-bond acceptors (Lipinski definition) is 16. The minimum absolute atomic E-state index is 0.0261. The average molecular weight is 1050 g/mol. The first kappa shape index (κ1) is 53.3. The summed E-state index contributed by atoms with van der Waals surface area (Å²) < 4.78 is 73.5. The van der Waals surface area contributed by atoms with Gasteiger partial charge in [0.1, 0.15) is 57.1 Å². The second-order valence-corrected chi connectivity index (χ2v) is 20.0. The molecule has 6 heterocycles. The monoisotopic (exact) mass is 1050 g/mol. The van der Waals surface area contributed by atoms with Gasteiger partial charge in [-0.25, -0.2) is 0 Å². The van der Waals surface area contributed by atoms with E-state index in [4.69, 9.17) is 56.8 Å². The smallest absolute Gasteiger partial charge is 0.199 e. The Balaban J connectivity index is 0.977. The lowest BCUT2D eigenvalue weighted by atomic mass is 9.97. The lowest BCUT2D eigenvalue weighted by molar-refractivity contribution is -0.109. The van der Waals surface area contributed by atoms with Gasteiger partial charge in [0.25, 0.3) is 0 Å². The van der Waals surface area contributed by atoms with E-state index in [1.807, 2.05) is 36.4 Å². The molecule has 16 nitrogen and oxygen atoms in total. The molecule has 10 rings (SSSR count). The SMILES string of the molecule is O=C(/C=C\c1ccc(OC2CCCCO2)c(-c2cc(/C=C/C(=O)c3c(O)cc(OC4CCCCO4)cc3OC3CCCCO3)ccc2OC2CCCCO2)c1)c1c(O)cc(OC2CCCCO2)cc1OC1CCCCO1. The van der Waals surface area contributed by atoms with Crippen LogP contribution in [-0.2, 0) is 28.4 Å². The van der Waals surface area contributed by atoms with Crippen LogP contribution in [0.25, 0.3) is 23.3 Å². The maximum absolute atomic E-state index is 14.3. The number of rotatable bonds is 19. The first-order chi connectivity index (χ1) is 37.3. The van der Waals surface area contributed by atoms with E-state index in [9.17, 15) is 19.8 Å². The van der Waals surface area contributed by atoms with Crippen molar-refractivity contribution in [2.45, 2.75) is 153 Å². The van der Waals surface area contributed by atoms with E-state index in [0.29, 0.717) is 123 Å². The lowest BCUT2D eigenvalue weighted by Crippen LogP contribution is -2.26. The molecule has 6 aliphatic heterocycles. The van der Waals surface area contributed by atoms with Crippen LogP contribution in [0.3, 0.4) is 0 Å². The number of phenolic OH excluding ortho intramolecular Hbond substituents is 2. The molecular formula is C60H70O16. The molecule has 6 atom stereocenters. The fourth-order valence-corrected chi connectivity index (χ4v) is 10.1. The van der Waals surface area contributed by atoms with Crippen molar-refractivity contribution < 1.29 is 76.6 Å². The molecule has 6 aliphatic rings. The molecule has 6 unspecified atom stereocenters. The van der Waals surface area contributed by atoms with Crippen LogP contribution in [0.4, 0.5) is 0 Å². The second-order valence-electron chi connectivity index (χ2n) is 20.0. The van der Waals surface area contributed by atoms with E-state index < -0.39 is 49.3 Å². The van der Waals surface area contributed by atoms with E-state index >= 15 is 0 Å². The van der Waals surface area contributed by atoms with Gasteiger partial charge in [-0.2, -0.15) is 0 Å². The van der Waals surface area contributed by atoms with E-state index in [1.54, 1.807) is 24.3 Å². The molecule has 0 bridgehead atoms. The normalized spacial score (nSPS) is 24.4. The third-order valence-corrected chi connectivity index (χ3v) is 14.2. The molecule has 6 saturated heterocycles. The summed E-state index contributed by atoms with van der Waals surface area (Å²) in [4.78, 5) is 28.6. The van der Waals surface area contributed by atoms with Crippen LogP contribution in [0.15, 0.2) is 72.8 Å². The summed E-state index contributed by atoms with van der Waals surface area (Å²) in [7, 11) is 0. The molecular weight excluding hydrogens is 977 g/mol. The van der Waals surface area contributed by atoms with Crippen LogP contribution in [0, 0.1) is 0 Å². The molecule has 16 heteroatoms. The number of allylic oxidation sites excluding steroid dienone is 2. The van der Waals surface area contributed by atoms with E-state index in [-0.39, 0.29) is 34.1 Å². The molecule has 406 valence electrons. The van der Waals surface area contributed by atoms with Crippen LogP contribution >= 0.6 is 0 Å². The Hall–Kier alpha value is -6.14. The Kier molecular flexibility index (Phi) is 18.4. The van der Waals surface area contributed by atoms with Gasteiger partial charge in [-0.1, -0.05) is 24.3 Å². The zero-order valence-electron chi connectivity index (χ0n) is 43.1. The van der Waals surface area contributed by atoms with Crippen molar-refractivity contribution in [3.8, 4) is 57.1 Å². The van der Waals surface area contributed by atoms with Gasteiger partial charge < -0.3 is 67.1 Å². The van der Waals surface area contributed by atoms with Crippen LogP contribution in [-0.4, -0.2) is 99.2 Å². The number of ether oxygens (including phenoxy) is 12. The van der Waals surface area contributed by atoms with Crippen molar-refractivity contribution in [2.24, 2.45) is 0 Å². The Morgan fingerprint density at radius 3 is 0.987 bits per heavy atom. The summed E-state index contributed by atoms with van der Waals surface area (Å²) >= 11 is 0. The zero-order valence-corrected chi connectivity index (χ0v) is 43.1. The van der Waals surface area contributed by atoms with Gasteiger partial charge in [0, 0.05) is 73.9 Å². The molecule has 0 aromatic heterocycles. The molecule has 2 N–H and O–H groups in total. The zero-order chi connectivity index (χ0) is 52.1. The lowest BCUT2D eigenvalue weighted by Gasteiger charge is -2.27. The molecule has 0 amide bonds. The Morgan fingerprint density at radius 1 is 0.382 bits per heavy atom. The number of carbonyl (C=O) groups excluding carboxylic acids is 2. The van der Waals surface area contributed by atoms with Crippen LogP contribution in [0.2, 0.25) is 0 Å². The van der Waals surface area contributed by atoms with Gasteiger partial charge in [-0.05, 0) is 125 Å². The van der Waals surface area contributed by atoms with Crippen LogP contribution in [0.5, 0.6) is 46.0 Å². The number of phenols is 2. The van der Waals surface area contributed by atoms with Gasteiger partial charge in [0.15, 0.2) is 49.3 Å². The number of aromatic hydroxyl groups is 2. The van der Waals surface area contributed by atoms with Gasteiger partial charge in [0.2, 0.25) is 0 Å². The largest absolute Gasteiger partial charge is 0.507 e. The fourth-order valence-electron chi connectivity index (χ4n) is 10.1. The van der Waals surface area contributed by atoms with Crippen molar-refractivity contribution in [3.63, 3.8) is 0 Å². The summed E-state index contributed by atoms with van der Waals surface area (Å²) in [6, 6.07) is 17.2. The van der Waals surface area contributed by atoms with Gasteiger partial charge in [-0.3, -0.25) is 9.59 Å². The molecule has 0 spiro atoms. The highest BCUT2D eigenvalue weighted by Crippen LogP contribution is 2.43. The second kappa shape index (κ2) is 26.3. The molecule has 0 aliphatic carbocycles. The number of ketones is 2. The highest BCUT2D eigenvalue weighted by atomic mass is 16.7. The molecule has 0 saturated carbocycles. The molecule has 4 aromatic rings. The molecule has 4 aromatic carbocycles. The summed E-state index contributed by atoms with van der Waals surface area (Å²) in [6.07, 6.45) is 18.2. The first-order valence-corrected chi connectivity index (χ1v) is 27.4. The molecule has 6 fully saturated rings. The van der Waals surface area contributed by atoms with Crippen molar-refractivity contribution in [3.05, 3.63) is 95.1 Å². The minimum Gasteiger partial charge on any atom is -0.507 e. The summed E-state index contributed by atoms with van der Waals surface area (Å²) in [5.41, 5.74) is 2.47. The van der Waals surface area contributed by atoms with Crippen molar-refractivity contribution in [1.29, 1.82) is 0 Å². The third-order valence-electron chi connectivity index (χ3n) is 14.2. The Bertz CT molecular complexity index is 2460. The summed E-state index contributed by atoms with van der Waals surface area (Å²) in [6.45, 7) is 3.35. The third kappa shape index (κ3) is 14.3. The van der Waals surface area contributed by atoms with Gasteiger partial charge >= 0.3 is 0 Å². The predicted octanol–water partition coefficient (Wildman–Crippen LogP) is 12.0. The minimum atomic E-state index is -0.597. The highest BCUT2D eigenvalue weighted by molar-refractivity contribution is 6.11. The highest BCUT2D eigenvalue weighted by Gasteiger charge is 2.28. The van der Waals surface area contributed by atoms with E-state index in [2.05, 4.69) is 0 Å². The Morgan fingerprint density at radius 2 is 0.684 bits per heavy atom. The molecule has 0 radical (unpaired) electrons. The first-order valence-electron chi connectivity index (χ1n) is 27.4. The Labute approximate surface area is 444 Å². The summed E-state index contributed by atoms with van der Waals surface area (Å²) in [5.74, 6) is 0.369. The van der Waals surface area contributed by atoms with Gasteiger partial charge in [-0.15, -0.1) is 0 Å². The average Bonchev–Trinajstić information content (AvgIpc) is 3.44. The maximum Gasteiger partial charge on any atom is 0.199 e. The van der Waals surface area contributed by atoms with E-state index in [0.717, 1.165) is 77.0 Å². The van der Waals surface area contributed by atoms with Crippen molar-refractivity contribution in [1.82, 2.24) is 0 Å². The van der Waals surface area contributed by atoms with Gasteiger partial charge in [0.05, 0.1) is 39.6 Å². The fraction of sp³-hybridized carbons (Fsp3) is 0.500. The predicted molar refractivity (Wildman–Crippen MR) is 280 cm³/mol. The standard InChI is InChI=1S/C60H70O16/c61-45(59-47(63)35-41(71-53-13-1-7-27-65-53)37-51(59)75-57-17-5-11-31-69-57)23-19-39-21-25-49(73-55-15-3-9-29-67-55)43(33-39)44-34-40(22-26-50(44)74-56-16-4-10-30-68-56)20-24-46(62)60-48(64)36-42(72-54-14-2-8-28-66-54)38-52(60)76-58-18-6-12-32-70-58/h19-26,33-38,53-58,63-64H,1-18,27-32H2/b23-19-,24-20+. The van der Waals surface area contributed by atoms with E-state index in [1.165, 1.54) is 24.3 Å².